The normalized spacial score (nSPS) is 19.2. The Morgan fingerprint density at radius 1 is 0.806 bits per heavy atom. The van der Waals surface area contributed by atoms with E-state index in [0.29, 0.717) is 5.41 Å². The van der Waals surface area contributed by atoms with Crippen molar-refractivity contribution in [3.05, 3.63) is 59.2 Å². The summed E-state index contributed by atoms with van der Waals surface area (Å²) in [4.78, 5) is 0. The van der Waals surface area contributed by atoms with Gasteiger partial charge in [0, 0.05) is 0 Å². The molecule has 2 aromatic rings. The molecular weight excluding hydrogens is 388 g/mol. The molecule has 2 aliphatic rings. The summed E-state index contributed by atoms with van der Waals surface area (Å²) >= 11 is 0. The van der Waals surface area contributed by atoms with Crippen LogP contribution < -0.4 is 5.19 Å². The van der Waals surface area contributed by atoms with Crippen molar-refractivity contribution in [2.24, 2.45) is 5.41 Å². The first-order chi connectivity index (χ1) is 14.9. The van der Waals surface area contributed by atoms with Crippen LogP contribution >= 0.6 is 0 Å². The van der Waals surface area contributed by atoms with Gasteiger partial charge in [0.2, 0.25) is 0 Å². The molecule has 0 amide bonds. The minimum Gasteiger partial charge on any atom is -0.0656 e. The Hall–Kier alpha value is -1.60. The molecule has 0 saturated heterocycles. The third-order valence-corrected chi connectivity index (χ3v) is 10.1. The van der Waals surface area contributed by atoms with Gasteiger partial charge in [-0.2, -0.15) is 0 Å². The van der Waals surface area contributed by atoms with Crippen LogP contribution in [0.2, 0.25) is 19.6 Å². The Kier molecular flexibility index (Phi) is 6.91. The molecule has 2 aliphatic carbocycles. The summed E-state index contributed by atoms with van der Waals surface area (Å²) in [6, 6.07) is 16.4. The average Bonchev–Trinajstić information content (AvgIpc) is 3.20. The second kappa shape index (κ2) is 9.49. The summed E-state index contributed by atoms with van der Waals surface area (Å²) in [6.45, 7) is 9.74. The van der Waals surface area contributed by atoms with Gasteiger partial charge >= 0.3 is 0 Å². The number of fused-ring (bicyclic) bond motifs is 1. The van der Waals surface area contributed by atoms with Crippen LogP contribution in [0, 0.1) is 5.41 Å². The number of hydrogen-bond acceptors (Lipinski definition) is 0. The van der Waals surface area contributed by atoms with E-state index in [-0.39, 0.29) is 0 Å². The van der Waals surface area contributed by atoms with E-state index in [0.717, 1.165) is 6.42 Å². The molecule has 1 fully saturated rings. The molecule has 0 spiro atoms. The maximum Gasteiger partial charge on any atom is 0.0775 e. The highest BCUT2D eigenvalue weighted by Crippen LogP contribution is 2.45. The van der Waals surface area contributed by atoms with Crippen LogP contribution in [0.4, 0.5) is 0 Å². The fourth-order valence-electron chi connectivity index (χ4n) is 5.92. The van der Waals surface area contributed by atoms with Crippen molar-refractivity contribution in [1.29, 1.82) is 0 Å². The van der Waals surface area contributed by atoms with Gasteiger partial charge < -0.3 is 0 Å². The summed E-state index contributed by atoms with van der Waals surface area (Å²) < 4.78 is 0. The number of allylic oxidation sites excluding steroid dienone is 1. The Morgan fingerprint density at radius 3 is 2.06 bits per heavy atom. The summed E-state index contributed by atoms with van der Waals surface area (Å²) in [5.74, 6) is 0. The highest BCUT2D eigenvalue weighted by Gasteiger charge is 2.30. The highest BCUT2D eigenvalue weighted by atomic mass is 28.3. The minimum atomic E-state index is -1.25. The fraction of sp³-hybridized carbons (Fsp3) is 0.533. The van der Waals surface area contributed by atoms with Crippen LogP contribution in [0.3, 0.4) is 0 Å². The molecule has 31 heavy (non-hydrogen) atoms. The highest BCUT2D eigenvalue weighted by molar-refractivity contribution is 6.88. The van der Waals surface area contributed by atoms with Gasteiger partial charge in [0.05, 0.1) is 8.07 Å². The van der Waals surface area contributed by atoms with Crippen molar-refractivity contribution in [2.45, 2.75) is 97.2 Å². The van der Waals surface area contributed by atoms with Crippen LogP contribution in [0.25, 0.3) is 17.2 Å². The molecule has 1 heteroatoms. The number of hydrogen-bond donors (Lipinski definition) is 0. The lowest BCUT2D eigenvalue weighted by Gasteiger charge is -2.33. The van der Waals surface area contributed by atoms with Crippen molar-refractivity contribution >= 4 is 19.3 Å². The predicted octanol–water partition coefficient (Wildman–Crippen LogP) is 8.76. The quantitative estimate of drug-likeness (QED) is 0.416. The van der Waals surface area contributed by atoms with Crippen LogP contribution in [0.5, 0.6) is 0 Å². The molecule has 2 aromatic carbocycles. The van der Waals surface area contributed by atoms with Crippen LogP contribution in [-0.4, -0.2) is 8.07 Å². The third kappa shape index (κ3) is 5.25. The van der Waals surface area contributed by atoms with Crippen molar-refractivity contribution in [3.8, 4) is 11.1 Å². The van der Waals surface area contributed by atoms with E-state index in [4.69, 9.17) is 0 Å². The molecule has 0 N–H and O–H groups in total. The van der Waals surface area contributed by atoms with Gasteiger partial charge in [-0.3, -0.25) is 0 Å². The van der Waals surface area contributed by atoms with Crippen LogP contribution in [0.15, 0.2) is 48.0 Å². The summed E-state index contributed by atoms with van der Waals surface area (Å²) in [6.07, 6.45) is 17.9. The molecule has 0 unspecified atom stereocenters. The van der Waals surface area contributed by atoms with Crippen molar-refractivity contribution in [2.75, 3.05) is 0 Å². The summed E-state index contributed by atoms with van der Waals surface area (Å²) in [5, 5.41) is 1.55. The van der Waals surface area contributed by atoms with Gasteiger partial charge in [0.25, 0.3) is 0 Å². The molecule has 166 valence electrons. The smallest absolute Gasteiger partial charge is 0.0656 e. The Labute approximate surface area is 192 Å². The van der Waals surface area contributed by atoms with Gasteiger partial charge in [0.15, 0.2) is 0 Å². The first kappa shape index (κ1) is 22.6. The largest absolute Gasteiger partial charge is 0.0775 e. The zero-order valence-corrected chi connectivity index (χ0v) is 21.4. The predicted molar refractivity (Wildman–Crippen MR) is 141 cm³/mol. The lowest BCUT2D eigenvalue weighted by Crippen LogP contribution is -2.37. The number of benzene rings is 2. The SMILES string of the molecule is CCC1(CC2=Cc3c(cccc3-c3ccc([Si](C)(C)C)cc3)C2)CCCCCCCC1. The molecule has 0 radical (unpaired) electrons. The van der Waals surface area contributed by atoms with Gasteiger partial charge in [-0.15, -0.1) is 0 Å². The average molecular weight is 431 g/mol. The second-order valence-corrected chi connectivity index (χ2v) is 16.4. The molecule has 0 aliphatic heterocycles. The third-order valence-electron chi connectivity index (χ3n) is 8.04. The Bertz CT molecular complexity index is 900. The molecule has 0 bridgehead atoms. The molecule has 1 saturated carbocycles. The lowest BCUT2D eigenvalue weighted by molar-refractivity contribution is 0.215. The summed E-state index contributed by atoms with van der Waals surface area (Å²) in [7, 11) is -1.25. The van der Waals surface area contributed by atoms with Crippen molar-refractivity contribution in [1.82, 2.24) is 0 Å². The maximum atomic E-state index is 2.57. The van der Waals surface area contributed by atoms with E-state index >= 15 is 0 Å². The van der Waals surface area contributed by atoms with E-state index in [1.807, 2.05) is 0 Å². The molecule has 4 rings (SSSR count). The van der Waals surface area contributed by atoms with Gasteiger partial charge in [-0.1, -0.05) is 131 Å². The van der Waals surface area contributed by atoms with Gasteiger partial charge in [-0.05, 0) is 53.4 Å². The van der Waals surface area contributed by atoms with Crippen molar-refractivity contribution < 1.29 is 0 Å². The molecule has 0 aromatic heterocycles. The molecule has 0 heterocycles. The Balaban J connectivity index is 1.58. The van der Waals surface area contributed by atoms with Crippen molar-refractivity contribution in [3.63, 3.8) is 0 Å². The minimum absolute atomic E-state index is 0.539. The first-order valence-electron chi connectivity index (χ1n) is 12.8. The van der Waals surface area contributed by atoms with Gasteiger partial charge in [-0.25, -0.2) is 0 Å². The topological polar surface area (TPSA) is 0 Å². The van der Waals surface area contributed by atoms with Crippen LogP contribution in [0.1, 0.15) is 82.3 Å². The Morgan fingerprint density at radius 2 is 1.45 bits per heavy atom. The van der Waals surface area contributed by atoms with E-state index in [1.165, 1.54) is 86.5 Å². The van der Waals surface area contributed by atoms with E-state index in [9.17, 15) is 0 Å². The van der Waals surface area contributed by atoms with E-state index in [1.54, 1.807) is 10.8 Å². The molecule has 0 nitrogen and oxygen atoms in total. The monoisotopic (exact) mass is 430 g/mol. The fourth-order valence-corrected chi connectivity index (χ4v) is 7.09. The standard InChI is InChI=1S/C30H42Si/c1-5-30(19-10-8-6-7-9-11-20-30)23-24-21-26-13-12-14-28(29(26)22-24)25-15-17-27(18-16-25)31(2,3)4/h12-18,22H,5-11,19-21,23H2,1-4H3. The van der Waals surface area contributed by atoms with E-state index in [2.05, 4.69) is 75.1 Å². The zero-order chi connectivity index (χ0) is 21.9. The maximum absolute atomic E-state index is 2.57. The first-order valence-corrected chi connectivity index (χ1v) is 16.3. The summed E-state index contributed by atoms with van der Waals surface area (Å²) in [5.41, 5.74) is 8.06. The van der Waals surface area contributed by atoms with Crippen LogP contribution in [-0.2, 0) is 6.42 Å². The van der Waals surface area contributed by atoms with Gasteiger partial charge in [0.1, 0.15) is 0 Å². The number of rotatable bonds is 5. The lowest BCUT2D eigenvalue weighted by atomic mass is 9.72. The zero-order valence-electron chi connectivity index (χ0n) is 20.4. The molecule has 0 atom stereocenters. The van der Waals surface area contributed by atoms with E-state index < -0.39 is 8.07 Å². The molecular formula is C30H42Si. The second-order valence-electron chi connectivity index (χ2n) is 11.3.